The molecule has 0 aliphatic heterocycles. The van der Waals surface area contributed by atoms with E-state index in [0.717, 1.165) is 16.8 Å². The van der Waals surface area contributed by atoms with Gasteiger partial charge in [-0.1, -0.05) is 24.3 Å². The highest BCUT2D eigenvalue weighted by atomic mass is 19.4. The Hall–Kier alpha value is -3.89. The van der Waals surface area contributed by atoms with Crippen molar-refractivity contribution in [3.05, 3.63) is 77.4 Å². The molecule has 0 amide bonds. The van der Waals surface area contributed by atoms with E-state index < -0.39 is 23.5 Å². The van der Waals surface area contributed by atoms with Gasteiger partial charge in [0, 0.05) is 33.9 Å². The second kappa shape index (κ2) is 7.32. The predicted molar refractivity (Wildman–Crippen MR) is 108 cm³/mol. The van der Waals surface area contributed by atoms with Crippen LogP contribution in [-0.4, -0.2) is 25.2 Å². The molecular weight excluding hydrogens is 448 g/mol. The van der Waals surface area contributed by atoms with Gasteiger partial charge >= 0.3 is 12.4 Å². The van der Waals surface area contributed by atoms with E-state index >= 15 is 0 Å². The molecule has 5 nitrogen and oxygen atoms in total. The summed E-state index contributed by atoms with van der Waals surface area (Å²) in [5, 5.41) is 15.3. The molecule has 2 heterocycles. The fourth-order valence-corrected chi connectivity index (χ4v) is 3.97. The summed E-state index contributed by atoms with van der Waals surface area (Å²) in [6, 6.07) is 14.1. The number of para-hydroxylation sites is 1. The number of alkyl halides is 6. The third-order valence-corrected chi connectivity index (χ3v) is 5.45. The fraction of sp³-hybridized carbons (Fsp3) is 0.136. The minimum absolute atomic E-state index is 0.164. The first-order valence-corrected chi connectivity index (χ1v) is 9.65. The standard InChI is InChI=1S/C22H13F6N5/c23-21(24,25)14-7-5-13(17(10-14)22(26,27)28)11-33-18-4-2-1-3-15(18)16-9-12(6-8-19(16)33)20-29-31-32-30-20/h1-10H,11H2,(H,29,30,31,32). The van der Waals surface area contributed by atoms with Gasteiger partial charge < -0.3 is 4.57 Å². The first-order chi connectivity index (χ1) is 15.6. The third kappa shape index (κ3) is 3.69. The summed E-state index contributed by atoms with van der Waals surface area (Å²) in [5.41, 5.74) is -0.996. The maximum atomic E-state index is 13.7. The van der Waals surface area contributed by atoms with Crippen molar-refractivity contribution < 1.29 is 26.3 Å². The molecule has 0 fully saturated rings. The van der Waals surface area contributed by atoms with Crippen molar-refractivity contribution in [3.63, 3.8) is 0 Å². The van der Waals surface area contributed by atoms with Gasteiger partial charge in [-0.3, -0.25) is 0 Å². The van der Waals surface area contributed by atoms with Crippen LogP contribution < -0.4 is 0 Å². The van der Waals surface area contributed by atoms with Crippen LogP contribution in [0.1, 0.15) is 16.7 Å². The normalized spacial score (nSPS) is 12.7. The summed E-state index contributed by atoms with van der Waals surface area (Å²) in [4.78, 5) is 0. The van der Waals surface area contributed by atoms with Gasteiger partial charge in [0.15, 0.2) is 0 Å². The smallest absolute Gasteiger partial charge is 0.336 e. The number of rotatable bonds is 3. The first kappa shape index (κ1) is 21.0. The Bertz CT molecular complexity index is 1460. The SMILES string of the molecule is FC(F)(F)c1ccc(Cn2c3ccccc3c3cc(-c4nn[nH]n4)ccc32)c(C(F)(F)F)c1. The second-order valence-corrected chi connectivity index (χ2v) is 7.44. The van der Waals surface area contributed by atoms with Gasteiger partial charge in [0.05, 0.1) is 11.1 Å². The monoisotopic (exact) mass is 461 g/mol. The van der Waals surface area contributed by atoms with Crippen LogP contribution >= 0.6 is 0 Å². The maximum Gasteiger partial charge on any atom is 0.416 e. The Morgan fingerprint density at radius 3 is 2.24 bits per heavy atom. The highest BCUT2D eigenvalue weighted by Gasteiger charge is 2.38. The van der Waals surface area contributed by atoms with Crippen molar-refractivity contribution in [3.8, 4) is 11.4 Å². The van der Waals surface area contributed by atoms with E-state index in [1.807, 2.05) is 6.07 Å². The van der Waals surface area contributed by atoms with Crippen molar-refractivity contribution in [2.75, 3.05) is 0 Å². The molecule has 1 N–H and O–H groups in total. The number of aromatic nitrogens is 5. The molecule has 0 unspecified atom stereocenters. The summed E-state index contributed by atoms with van der Waals surface area (Å²) < 4.78 is 81.8. The molecule has 0 aliphatic rings. The largest absolute Gasteiger partial charge is 0.416 e. The molecule has 5 rings (SSSR count). The van der Waals surface area contributed by atoms with E-state index in [2.05, 4.69) is 20.6 Å². The lowest BCUT2D eigenvalue weighted by molar-refractivity contribution is -0.143. The summed E-state index contributed by atoms with van der Waals surface area (Å²) in [6.45, 7) is -0.265. The second-order valence-electron chi connectivity index (χ2n) is 7.44. The van der Waals surface area contributed by atoms with Gasteiger partial charge in [-0.25, -0.2) is 0 Å². The maximum absolute atomic E-state index is 13.7. The minimum atomic E-state index is -4.94. The molecule has 168 valence electrons. The summed E-state index contributed by atoms with van der Waals surface area (Å²) >= 11 is 0. The number of tetrazole rings is 1. The number of aromatic amines is 1. The topological polar surface area (TPSA) is 59.4 Å². The van der Waals surface area contributed by atoms with Gasteiger partial charge in [-0.15, -0.1) is 10.2 Å². The van der Waals surface area contributed by atoms with Crippen molar-refractivity contribution in [1.82, 2.24) is 25.2 Å². The molecule has 0 spiro atoms. The van der Waals surface area contributed by atoms with Gasteiger partial charge in [0.2, 0.25) is 5.82 Å². The number of hydrogen-bond acceptors (Lipinski definition) is 3. The lowest BCUT2D eigenvalue weighted by Crippen LogP contribution is -2.15. The van der Waals surface area contributed by atoms with Crippen molar-refractivity contribution >= 4 is 21.8 Å². The van der Waals surface area contributed by atoms with Gasteiger partial charge in [-0.2, -0.15) is 31.6 Å². The van der Waals surface area contributed by atoms with Crippen LogP contribution in [0.2, 0.25) is 0 Å². The minimum Gasteiger partial charge on any atom is -0.336 e. The average Bonchev–Trinajstić information content (AvgIpc) is 3.40. The van der Waals surface area contributed by atoms with Crippen LogP contribution in [0.5, 0.6) is 0 Å². The molecule has 5 aromatic rings. The zero-order valence-electron chi connectivity index (χ0n) is 16.5. The number of hydrogen-bond donors (Lipinski definition) is 1. The highest BCUT2D eigenvalue weighted by Crippen LogP contribution is 2.39. The molecule has 0 saturated heterocycles. The van der Waals surface area contributed by atoms with Crippen molar-refractivity contribution in [2.45, 2.75) is 18.9 Å². The van der Waals surface area contributed by atoms with E-state index in [1.54, 1.807) is 41.0 Å². The Balaban J connectivity index is 1.69. The summed E-state index contributed by atoms with van der Waals surface area (Å²) in [7, 11) is 0. The zero-order valence-corrected chi connectivity index (χ0v) is 16.5. The number of H-pyrrole nitrogens is 1. The lowest BCUT2D eigenvalue weighted by atomic mass is 10.0. The van der Waals surface area contributed by atoms with Crippen LogP contribution in [-0.2, 0) is 18.9 Å². The van der Waals surface area contributed by atoms with Gasteiger partial charge in [-0.05, 0) is 47.2 Å². The molecule has 0 aliphatic carbocycles. The van der Waals surface area contributed by atoms with E-state index in [0.29, 0.717) is 28.5 Å². The quantitative estimate of drug-likeness (QED) is 0.332. The summed E-state index contributed by atoms with van der Waals surface area (Å²) in [6.07, 6.45) is -9.82. The van der Waals surface area contributed by atoms with Gasteiger partial charge in [0.25, 0.3) is 0 Å². The van der Waals surface area contributed by atoms with E-state index in [1.165, 1.54) is 0 Å². The molecule has 33 heavy (non-hydrogen) atoms. The molecule has 3 aromatic carbocycles. The molecule has 0 saturated carbocycles. The Morgan fingerprint density at radius 1 is 0.788 bits per heavy atom. The lowest BCUT2D eigenvalue weighted by Gasteiger charge is -2.17. The average molecular weight is 461 g/mol. The Labute approximate surface area is 181 Å². The number of fused-ring (bicyclic) bond motifs is 3. The number of halogens is 6. The molecule has 0 atom stereocenters. The third-order valence-electron chi connectivity index (χ3n) is 5.45. The molecular formula is C22H13F6N5. The number of benzene rings is 3. The molecule has 2 aromatic heterocycles. The van der Waals surface area contributed by atoms with Crippen LogP contribution in [0.15, 0.2) is 60.7 Å². The molecule has 0 radical (unpaired) electrons. The Morgan fingerprint density at radius 2 is 1.55 bits per heavy atom. The fourth-order valence-electron chi connectivity index (χ4n) is 3.97. The Kier molecular flexibility index (Phi) is 4.66. The molecule has 11 heteroatoms. The van der Waals surface area contributed by atoms with Crippen molar-refractivity contribution in [1.29, 1.82) is 0 Å². The van der Waals surface area contributed by atoms with Crippen LogP contribution in [0.3, 0.4) is 0 Å². The van der Waals surface area contributed by atoms with Gasteiger partial charge in [0.1, 0.15) is 0 Å². The van der Waals surface area contributed by atoms with E-state index in [9.17, 15) is 26.3 Å². The first-order valence-electron chi connectivity index (χ1n) is 9.65. The van der Waals surface area contributed by atoms with Crippen LogP contribution in [0.25, 0.3) is 33.2 Å². The molecule has 0 bridgehead atoms. The predicted octanol–water partition coefficient (Wildman–Crippen LogP) is 6.06. The zero-order chi connectivity index (χ0) is 23.4. The number of nitrogens with zero attached hydrogens (tertiary/aromatic N) is 4. The van der Waals surface area contributed by atoms with Crippen LogP contribution in [0.4, 0.5) is 26.3 Å². The van der Waals surface area contributed by atoms with Crippen molar-refractivity contribution in [2.24, 2.45) is 0 Å². The van der Waals surface area contributed by atoms with E-state index in [4.69, 9.17) is 0 Å². The highest BCUT2D eigenvalue weighted by molar-refractivity contribution is 6.09. The number of nitrogens with one attached hydrogen (secondary N) is 1. The van der Waals surface area contributed by atoms with Crippen LogP contribution in [0, 0.1) is 0 Å². The van der Waals surface area contributed by atoms with E-state index in [-0.39, 0.29) is 18.2 Å². The summed E-state index contributed by atoms with van der Waals surface area (Å²) in [5.74, 6) is 0.357.